The molecule has 1 unspecified atom stereocenters. The number of unbranched alkanes of at least 4 members (excludes halogenated alkanes) is 53. The van der Waals surface area contributed by atoms with Crippen molar-refractivity contribution in [2.45, 2.75) is 412 Å². The maximum Gasteiger partial charge on any atom is 0.306 e. The Kier molecular flexibility index (Phi) is 65.1. The summed E-state index contributed by atoms with van der Waals surface area (Å²) in [7, 11) is 0. The van der Waals surface area contributed by atoms with Gasteiger partial charge in [0.05, 0.1) is 0 Å². The summed E-state index contributed by atoms with van der Waals surface area (Å²) in [5, 5.41) is 0. The van der Waals surface area contributed by atoms with E-state index in [1.807, 2.05) is 0 Å². The number of ether oxygens (including phenoxy) is 3. The zero-order valence-electron chi connectivity index (χ0n) is 52.5. The van der Waals surface area contributed by atoms with Crippen LogP contribution in [0.4, 0.5) is 0 Å². The van der Waals surface area contributed by atoms with Crippen LogP contribution in [0.25, 0.3) is 0 Å². The molecule has 0 saturated carbocycles. The molecule has 0 aliphatic heterocycles. The van der Waals surface area contributed by atoms with E-state index in [9.17, 15) is 14.4 Å². The van der Waals surface area contributed by atoms with Crippen LogP contribution in [-0.4, -0.2) is 37.2 Å². The number of carbonyl (C=O) groups is 3. The van der Waals surface area contributed by atoms with Gasteiger partial charge >= 0.3 is 17.9 Å². The van der Waals surface area contributed by atoms with E-state index in [2.05, 4.69) is 32.9 Å². The molecule has 456 valence electrons. The lowest BCUT2D eigenvalue weighted by Gasteiger charge is -2.18. The zero-order chi connectivity index (χ0) is 55.7. The van der Waals surface area contributed by atoms with Crippen LogP contribution in [0.15, 0.2) is 12.2 Å². The second-order valence-electron chi connectivity index (χ2n) is 24.2. The third-order valence-corrected chi connectivity index (χ3v) is 16.3. The molecule has 6 heteroatoms. The van der Waals surface area contributed by atoms with Gasteiger partial charge < -0.3 is 14.2 Å². The minimum Gasteiger partial charge on any atom is -0.462 e. The Balaban J connectivity index is 4.14. The predicted octanol–water partition coefficient (Wildman–Crippen LogP) is 24.0. The van der Waals surface area contributed by atoms with Crippen LogP contribution < -0.4 is 0 Å². The van der Waals surface area contributed by atoms with Crippen molar-refractivity contribution in [1.82, 2.24) is 0 Å². The summed E-state index contributed by atoms with van der Waals surface area (Å²) in [6.07, 6.45) is 79.6. The van der Waals surface area contributed by atoms with Gasteiger partial charge in [-0.2, -0.15) is 0 Å². The molecule has 0 fully saturated rings. The Morgan fingerprint density at radius 2 is 0.429 bits per heavy atom. The monoisotopic (exact) mass is 1090 g/mol. The van der Waals surface area contributed by atoms with Gasteiger partial charge in [-0.25, -0.2) is 0 Å². The van der Waals surface area contributed by atoms with Crippen LogP contribution in [0.3, 0.4) is 0 Å². The van der Waals surface area contributed by atoms with E-state index >= 15 is 0 Å². The SMILES string of the molecule is CCCCCCCCCC/C=C\CCCCCCCCCCCCCCCCCCCC(=O)OCC(COC(=O)CCCCCCCCCCCCCCC)OC(=O)CCCCCCCCCCCCCCCCCCC. The molecule has 6 nitrogen and oxygen atoms in total. The second kappa shape index (κ2) is 66.7. The first-order chi connectivity index (χ1) is 38.0. The molecule has 0 heterocycles. The Hall–Kier alpha value is -1.85. The second-order valence-corrected chi connectivity index (χ2v) is 24.2. The summed E-state index contributed by atoms with van der Waals surface area (Å²) < 4.78 is 17.0. The molecule has 0 aromatic carbocycles. The molecule has 0 bridgehead atoms. The molecule has 0 radical (unpaired) electrons. The smallest absolute Gasteiger partial charge is 0.306 e. The van der Waals surface area contributed by atoms with Crippen molar-refractivity contribution in [3.8, 4) is 0 Å². The van der Waals surface area contributed by atoms with Gasteiger partial charge in [0.25, 0.3) is 0 Å². The van der Waals surface area contributed by atoms with Crippen LogP contribution >= 0.6 is 0 Å². The van der Waals surface area contributed by atoms with E-state index in [4.69, 9.17) is 14.2 Å². The third-order valence-electron chi connectivity index (χ3n) is 16.3. The fraction of sp³-hybridized carbons (Fsp3) is 0.930. The molecule has 0 aromatic rings. The Morgan fingerprint density at radius 1 is 0.247 bits per heavy atom. The number of hydrogen-bond donors (Lipinski definition) is 0. The number of hydrogen-bond acceptors (Lipinski definition) is 6. The molecule has 0 saturated heterocycles. The maximum absolute atomic E-state index is 12.9. The zero-order valence-corrected chi connectivity index (χ0v) is 52.5. The van der Waals surface area contributed by atoms with Gasteiger partial charge in [0.15, 0.2) is 6.10 Å². The molecule has 0 rings (SSSR count). The summed E-state index contributed by atoms with van der Waals surface area (Å²) in [6, 6.07) is 0. The summed E-state index contributed by atoms with van der Waals surface area (Å²) in [6.45, 7) is 6.72. The largest absolute Gasteiger partial charge is 0.462 e. The van der Waals surface area contributed by atoms with E-state index in [0.717, 1.165) is 57.8 Å². The molecular formula is C71H136O6. The third kappa shape index (κ3) is 64.9. The Labute approximate surface area is 481 Å². The van der Waals surface area contributed by atoms with Gasteiger partial charge in [-0.15, -0.1) is 0 Å². The molecule has 0 spiro atoms. The first-order valence-electron chi connectivity index (χ1n) is 35.2. The van der Waals surface area contributed by atoms with Crippen molar-refractivity contribution < 1.29 is 28.6 Å². The molecule has 1 atom stereocenters. The van der Waals surface area contributed by atoms with Gasteiger partial charge in [0.1, 0.15) is 13.2 Å². The first kappa shape index (κ1) is 75.2. The Morgan fingerprint density at radius 3 is 0.649 bits per heavy atom. The van der Waals surface area contributed by atoms with Crippen LogP contribution in [0.2, 0.25) is 0 Å². The van der Waals surface area contributed by atoms with E-state index in [-0.39, 0.29) is 31.1 Å². The van der Waals surface area contributed by atoms with Crippen molar-refractivity contribution >= 4 is 17.9 Å². The van der Waals surface area contributed by atoms with Gasteiger partial charge in [-0.1, -0.05) is 354 Å². The average Bonchev–Trinajstić information content (AvgIpc) is 3.43. The summed E-state index contributed by atoms with van der Waals surface area (Å²) in [4.78, 5) is 38.4. The van der Waals surface area contributed by atoms with E-state index in [1.165, 1.54) is 308 Å². The minimum atomic E-state index is -0.764. The van der Waals surface area contributed by atoms with Crippen LogP contribution in [-0.2, 0) is 28.6 Å². The highest BCUT2D eigenvalue weighted by Gasteiger charge is 2.19. The van der Waals surface area contributed by atoms with Gasteiger partial charge in [0.2, 0.25) is 0 Å². The van der Waals surface area contributed by atoms with Crippen LogP contribution in [0.1, 0.15) is 406 Å². The first-order valence-corrected chi connectivity index (χ1v) is 35.2. The number of rotatable bonds is 66. The van der Waals surface area contributed by atoms with Crippen molar-refractivity contribution in [2.75, 3.05) is 13.2 Å². The van der Waals surface area contributed by atoms with Crippen molar-refractivity contribution in [3.63, 3.8) is 0 Å². The van der Waals surface area contributed by atoms with Crippen LogP contribution in [0, 0.1) is 0 Å². The molecular weight excluding hydrogens is 949 g/mol. The quantitative estimate of drug-likeness (QED) is 0.0261. The van der Waals surface area contributed by atoms with Gasteiger partial charge in [-0.05, 0) is 44.9 Å². The van der Waals surface area contributed by atoms with E-state index in [1.54, 1.807) is 0 Å². The summed E-state index contributed by atoms with van der Waals surface area (Å²) >= 11 is 0. The summed E-state index contributed by atoms with van der Waals surface area (Å²) in [5.41, 5.74) is 0. The highest BCUT2D eigenvalue weighted by molar-refractivity contribution is 5.71. The molecule has 0 aliphatic rings. The maximum atomic E-state index is 12.9. The lowest BCUT2D eigenvalue weighted by molar-refractivity contribution is -0.167. The highest BCUT2D eigenvalue weighted by Crippen LogP contribution is 2.19. The van der Waals surface area contributed by atoms with E-state index in [0.29, 0.717) is 19.3 Å². The lowest BCUT2D eigenvalue weighted by atomic mass is 10.0. The lowest BCUT2D eigenvalue weighted by Crippen LogP contribution is -2.30. The van der Waals surface area contributed by atoms with Gasteiger partial charge in [0, 0.05) is 19.3 Å². The fourth-order valence-electron chi connectivity index (χ4n) is 11.0. The normalized spacial score (nSPS) is 12.0. The van der Waals surface area contributed by atoms with Crippen molar-refractivity contribution in [1.29, 1.82) is 0 Å². The number of esters is 3. The highest BCUT2D eigenvalue weighted by atomic mass is 16.6. The standard InChI is InChI=1S/C71H136O6/c1-4-7-10-13-16-19-22-25-27-29-30-31-32-33-34-35-36-37-38-39-40-42-43-46-49-52-55-58-61-64-70(73)76-67-68(66-75-69(72)63-60-57-54-51-48-45-24-21-18-15-12-9-6-3)77-71(74)65-62-59-56-53-50-47-44-41-28-26-23-20-17-14-11-8-5-2/h29-30,68H,4-28,31-67H2,1-3H3/b30-29-. The topological polar surface area (TPSA) is 78.9 Å². The number of allylic oxidation sites excluding steroid dienone is 2. The molecule has 0 aromatic heterocycles. The molecule has 0 amide bonds. The average molecular weight is 1090 g/mol. The Bertz CT molecular complexity index is 1200. The van der Waals surface area contributed by atoms with Crippen LogP contribution in [0.5, 0.6) is 0 Å². The van der Waals surface area contributed by atoms with Gasteiger partial charge in [-0.3, -0.25) is 14.4 Å². The van der Waals surface area contributed by atoms with E-state index < -0.39 is 6.10 Å². The fourth-order valence-corrected chi connectivity index (χ4v) is 11.0. The predicted molar refractivity (Wildman–Crippen MR) is 335 cm³/mol. The molecule has 0 N–H and O–H groups in total. The van der Waals surface area contributed by atoms with Crippen molar-refractivity contribution in [3.05, 3.63) is 12.2 Å². The number of carbonyl (C=O) groups excluding carboxylic acids is 3. The molecule has 77 heavy (non-hydrogen) atoms. The van der Waals surface area contributed by atoms with Crippen molar-refractivity contribution in [2.24, 2.45) is 0 Å². The minimum absolute atomic E-state index is 0.0621. The molecule has 0 aliphatic carbocycles. The summed E-state index contributed by atoms with van der Waals surface area (Å²) in [5.74, 6) is -0.827.